The largest absolute Gasteiger partial charge is 0.507 e. The summed E-state index contributed by atoms with van der Waals surface area (Å²) in [7, 11) is 0. The van der Waals surface area contributed by atoms with E-state index in [9.17, 15) is 5.11 Å². The number of hydrogen-bond acceptors (Lipinski definition) is 2. The molecule has 3 heteroatoms. The fourth-order valence-electron chi connectivity index (χ4n) is 1.62. The zero-order valence-electron chi connectivity index (χ0n) is 9.48. The van der Waals surface area contributed by atoms with Gasteiger partial charge in [0.05, 0.1) is 11.1 Å². The molecule has 0 unspecified atom stereocenters. The molecule has 2 aromatic carbocycles. The van der Waals surface area contributed by atoms with Crippen molar-refractivity contribution in [2.45, 2.75) is 6.92 Å². The highest BCUT2D eigenvalue weighted by molar-refractivity contribution is 9.10. The fourth-order valence-corrected chi connectivity index (χ4v) is 1.87. The fraction of sp³-hybridized carbons (Fsp3) is 0.143. The molecule has 0 aliphatic carbocycles. The molecule has 0 fully saturated rings. The number of benzene rings is 2. The Morgan fingerprint density at radius 3 is 2.59 bits per heavy atom. The minimum absolute atomic E-state index is 0.240. The maximum Gasteiger partial charge on any atom is 0.130 e. The highest BCUT2D eigenvalue weighted by atomic mass is 79.9. The van der Waals surface area contributed by atoms with Gasteiger partial charge in [0.2, 0.25) is 0 Å². The van der Waals surface area contributed by atoms with Crippen molar-refractivity contribution < 1.29 is 9.84 Å². The van der Waals surface area contributed by atoms with Crippen LogP contribution in [0, 0.1) is 0 Å². The first-order valence-electron chi connectivity index (χ1n) is 5.42. The van der Waals surface area contributed by atoms with E-state index in [0.29, 0.717) is 11.1 Å². The smallest absolute Gasteiger partial charge is 0.130 e. The molecule has 0 atom stereocenters. The molecule has 1 N–H and O–H groups in total. The molecule has 0 spiro atoms. The van der Waals surface area contributed by atoms with Crippen LogP contribution in [0.2, 0.25) is 0 Å². The van der Waals surface area contributed by atoms with Gasteiger partial charge in [0.15, 0.2) is 0 Å². The van der Waals surface area contributed by atoms with Gasteiger partial charge in [0.25, 0.3) is 0 Å². The highest BCUT2D eigenvalue weighted by Gasteiger charge is 2.03. The maximum atomic E-state index is 9.66. The molecule has 2 nitrogen and oxygen atoms in total. The van der Waals surface area contributed by atoms with Gasteiger partial charge in [-0.3, -0.25) is 0 Å². The van der Waals surface area contributed by atoms with Crippen molar-refractivity contribution in [3.8, 4) is 22.6 Å². The first-order chi connectivity index (χ1) is 8.20. The number of aromatic hydroxyl groups is 1. The Bertz CT molecular complexity index is 523. The average molecular weight is 293 g/mol. The molecular weight excluding hydrogens is 280 g/mol. The van der Waals surface area contributed by atoms with E-state index in [4.69, 9.17) is 4.74 Å². The topological polar surface area (TPSA) is 29.5 Å². The van der Waals surface area contributed by atoms with Crippen LogP contribution in [0.3, 0.4) is 0 Å². The highest BCUT2D eigenvalue weighted by Crippen LogP contribution is 2.31. The quantitative estimate of drug-likeness (QED) is 0.918. The zero-order chi connectivity index (χ0) is 12.3. The minimum Gasteiger partial charge on any atom is -0.507 e. The molecule has 0 saturated heterocycles. The standard InChI is InChI=1S/C14H13BrO2/c1-2-17-12-5-3-4-10(8-12)11-6-7-13(15)14(16)9-11/h3-9,16H,2H2,1H3. The van der Waals surface area contributed by atoms with E-state index in [1.165, 1.54) is 0 Å². The Balaban J connectivity index is 2.38. The Morgan fingerprint density at radius 2 is 1.88 bits per heavy atom. The molecule has 0 heterocycles. The van der Waals surface area contributed by atoms with E-state index >= 15 is 0 Å². The predicted octanol–water partition coefficient (Wildman–Crippen LogP) is 4.22. The summed E-state index contributed by atoms with van der Waals surface area (Å²) in [6, 6.07) is 13.3. The number of phenols is 1. The number of rotatable bonds is 3. The second-order valence-corrected chi connectivity index (χ2v) is 4.48. The van der Waals surface area contributed by atoms with Crippen molar-refractivity contribution in [2.24, 2.45) is 0 Å². The van der Waals surface area contributed by atoms with Gasteiger partial charge in [-0.15, -0.1) is 0 Å². The van der Waals surface area contributed by atoms with Crippen molar-refractivity contribution in [3.05, 3.63) is 46.9 Å². The summed E-state index contributed by atoms with van der Waals surface area (Å²) in [6.45, 7) is 2.60. The molecule has 0 aliphatic rings. The van der Waals surface area contributed by atoms with E-state index in [-0.39, 0.29) is 5.75 Å². The van der Waals surface area contributed by atoms with Crippen LogP contribution >= 0.6 is 15.9 Å². The number of halogens is 1. The van der Waals surface area contributed by atoms with E-state index in [2.05, 4.69) is 15.9 Å². The lowest BCUT2D eigenvalue weighted by Crippen LogP contribution is -1.91. The monoisotopic (exact) mass is 292 g/mol. The summed E-state index contributed by atoms with van der Waals surface area (Å²) in [5, 5.41) is 9.66. The molecule has 0 aliphatic heterocycles. The van der Waals surface area contributed by atoms with Crippen molar-refractivity contribution >= 4 is 15.9 Å². The van der Waals surface area contributed by atoms with Crippen molar-refractivity contribution in [1.29, 1.82) is 0 Å². The summed E-state index contributed by atoms with van der Waals surface area (Å²) in [4.78, 5) is 0. The Morgan fingerprint density at radius 1 is 1.12 bits per heavy atom. The Hall–Kier alpha value is -1.48. The molecule has 2 rings (SSSR count). The molecule has 0 radical (unpaired) electrons. The molecule has 0 amide bonds. The van der Waals surface area contributed by atoms with E-state index in [0.717, 1.165) is 16.9 Å². The van der Waals surface area contributed by atoms with Gasteiger partial charge in [-0.1, -0.05) is 18.2 Å². The van der Waals surface area contributed by atoms with Gasteiger partial charge in [0, 0.05) is 0 Å². The third-order valence-electron chi connectivity index (χ3n) is 2.42. The first-order valence-corrected chi connectivity index (χ1v) is 6.21. The van der Waals surface area contributed by atoms with Crippen molar-refractivity contribution in [3.63, 3.8) is 0 Å². The van der Waals surface area contributed by atoms with Gasteiger partial charge >= 0.3 is 0 Å². The van der Waals surface area contributed by atoms with E-state index < -0.39 is 0 Å². The third kappa shape index (κ3) is 2.80. The van der Waals surface area contributed by atoms with E-state index in [1.807, 2.05) is 43.3 Å². The maximum absolute atomic E-state index is 9.66. The van der Waals surface area contributed by atoms with Crippen LogP contribution in [0.15, 0.2) is 46.9 Å². The second-order valence-electron chi connectivity index (χ2n) is 3.63. The zero-order valence-corrected chi connectivity index (χ0v) is 11.1. The third-order valence-corrected chi connectivity index (χ3v) is 3.10. The lowest BCUT2D eigenvalue weighted by molar-refractivity contribution is 0.340. The van der Waals surface area contributed by atoms with E-state index in [1.54, 1.807) is 6.07 Å². The first kappa shape index (κ1) is 12.0. The van der Waals surface area contributed by atoms with Crippen LogP contribution in [-0.2, 0) is 0 Å². The van der Waals surface area contributed by atoms with Crippen molar-refractivity contribution in [1.82, 2.24) is 0 Å². The summed E-state index contributed by atoms with van der Waals surface area (Å²) in [5.74, 6) is 1.08. The van der Waals surface area contributed by atoms with Gasteiger partial charge in [-0.2, -0.15) is 0 Å². The van der Waals surface area contributed by atoms with Crippen LogP contribution in [0.5, 0.6) is 11.5 Å². The molecule has 88 valence electrons. The summed E-state index contributed by atoms with van der Waals surface area (Å²) in [6.07, 6.45) is 0. The van der Waals surface area contributed by atoms with Gasteiger partial charge in [-0.25, -0.2) is 0 Å². The van der Waals surface area contributed by atoms with Crippen LogP contribution in [0.1, 0.15) is 6.92 Å². The SMILES string of the molecule is CCOc1cccc(-c2ccc(Br)c(O)c2)c1. The lowest BCUT2D eigenvalue weighted by atomic mass is 10.1. The number of ether oxygens (including phenoxy) is 1. The van der Waals surface area contributed by atoms with Crippen LogP contribution < -0.4 is 4.74 Å². The molecule has 0 bridgehead atoms. The Kier molecular flexibility index (Phi) is 3.69. The number of phenolic OH excluding ortho intramolecular Hbond substituents is 1. The predicted molar refractivity (Wildman–Crippen MR) is 72.4 cm³/mol. The molecule has 0 saturated carbocycles. The minimum atomic E-state index is 0.240. The normalized spacial score (nSPS) is 10.2. The molecular formula is C14H13BrO2. The summed E-state index contributed by atoms with van der Waals surface area (Å²) in [5.41, 5.74) is 1.99. The van der Waals surface area contributed by atoms with Gasteiger partial charge < -0.3 is 9.84 Å². The molecule has 0 aromatic heterocycles. The van der Waals surface area contributed by atoms with Crippen LogP contribution in [0.25, 0.3) is 11.1 Å². The van der Waals surface area contributed by atoms with Crippen molar-refractivity contribution in [2.75, 3.05) is 6.61 Å². The number of hydrogen-bond donors (Lipinski definition) is 1. The van der Waals surface area contributed by atoms with Crippen LogP contribution in [-0.4, -0.2) is 11.7 Å². The van der Waals surface area contributed by atoms with Gasteiger partial charge in [-0.05, 0) is 58.2 Å². The summed E-state index contributed by atoms with van der Waals surface area (Å²) >= 11 is 3.27. The Labute approximate surface area is 109 Å². The second kappa shape index (κ2) is 5.23. The summed E-state index contributed by atoms with van der Waals surface area (Å²) < 4.78 is 6.15. The molecule has 17 heavy (non-hydrogen) atoms. The molecule has 2 aromatic rings. The van der Waals surface area contributed by atoms with Crippen LogP contribution in [0.4, 0.5) is 0 Å². The lowest BCUT2D eigenvalue weighted by Gasteiger charge is -2.07. The average Bonchev–Trinajstić information content (AvgIpc) is 2.33. The van der Waals surface area contributed by atoms with Gasteiger partial charge in [0.1, 0.15) is 11.5 Å².